The number of nitrogens with zero attached hydrogens (tertiary/aromatic N) is 1. The Balaban J connectivity index is 1.81. The van der Waals surface area contributed by atoms with Crippen molar-refractivity contribution in [1.29, 1.82) is 0 Å². The van der Waals surface area contributed by atoms with E-state index in [1.54, 1.807) is 0 Å². The van der Waals surface area contributed by atoms with Crippen LogP contribution in [-0.4, -0.2) is 26.2 Å². The Hall–Kier alpha value is -0.583. The molecule has 4 heteroatoms. The first-order chi connectivity index (χ1) is 8.06. The normalized spacial score (nSPS) is 20.5. The average Bonchev–Trinajstić information content (AvgIpc) is 2.67. The lowest BCUT2D eigenvalue weighted by molar-refractivity contribution is 0.197. The molecule has 2 nitrogen and oxygen atoms in total. The number of benzene rings is 1. The van der Waals surface area contributed by atoms with Crippen molar-refractivity contribution < 1.29 is 4.74 Å². The summed E-state index contributed by atoms with van der Waals surface area (Å²) in [6.45, 7) is 8.06. The summed E-state index contributed by atoms with van der Waals surface area (Å²) in [5.74, 6) is 0.834. The maximum Gasteiger partial charge on any atom is 0.0828 e. The highest BCUT2D eigenvalue weighted by atomic mass is 32.2. The zero-order chi connectivity index (χ0) is 12.3. The van der Waals surface area contributed by atoms with Gasteiger partial charge in [0.1, 0.15) is 0 Å². The molecular formula is C13H21NOSSi. The molecule has 1 heterocycles. The Labute approximate surface area is 107 Å². The summed E-state index contributed by atoms with van der Waals surface area (Å²) < 4.78 is 5.82. The summed E-state index contributed by atoms with van der Waals surface area (Å²) in [7, 11) is -1.26. The average molecular weight is 267 g/mol. The van der Waals surface area contributed by atoms with E-state index in [2.05, 4.69) is 48.4 Å². The van der Waals surface area contributed by atoms with Crippen LogP contribution in [0.25, 0.3) is 0 Å². The third kappa shape index (κ3) is 3.69. The first kappa shape index (κ1) is 12.9. The first-order valence-corrected chi connectivity index (χ1v) is 11.3. The molecule has 17 heavy (non-hydrogen) atoms. The van der Waals surface area contributed by atoms with Crippen LogP contribution in [0.15, 0.2) is 34.2 Å². The van der Waals surface area contributed by atoms with Crippen LogP contribution in [0.4, 0.5) is 5.69 Å². The molecule has 1 unspecified atom stereocenters. The molecule has 1 aliphatic rings. The Kier molecular flexibility index (Phi) is 4.07. The molecule has 1 aromatic carbocycles. The maximum absolute atomic E-state index is 5.82. The number of rotatable bonds is 5. The third-order valence-corrected chi connectivity index (χ3v) is 6.31. The van der Waals surface area contributed by atoms with Gasteiger partial charge in [-0.2, -0.15) is 10.9 Å². The van der Waals surface area contributed by atoms with Gasteiger partial charge in [0, 0.05) is 25.1 Å². The summed E-state index contributed by atoms with van der Waals surface area (Å²) in [5.41, 5.74) is 3.21. The van der Waals surface area contributed by atoms with Gasteiger partial charge in [0.15, 0.2) is 0 Å². The van der Waals surface area contributed by atoms with Gasteiger partial charge in [-0.05, 0) is 18.2 Å². The molecule has 1 atom stereocenters. The minimum atomic E-state index is -0.957. The van der Waals surface area contributed by atoms with Crippen molar-refractivity contribution in [3.8, 4) is 0 Å². The van der Waals surface area contributed by atoms with Crippen molar-refractivity contribution in [3.05, 3.63) is 24.3 Å². The summed E-state index contributed by atoms with van der Waals surface area (Å²) in [4.78, 5) is 5.81. The lowest BCUT2D eigenvalue weighted by Crippen LogP contribution is -2.21. The first-order valence-electron chi connectivity index (χ1n) is 6.04. The Morgan fingerprint density at radius 3 is 2.76 bits per heavy atom. The molecule has 0 amide bonds. The molecule has 0 saturated heterocycles. The van der Waals surface area contributed by atoms with Crippen molar-refractivity contribution in [2.45, 2.75) is 30.6 Å². The molecule has 0 aliphatic carbocycles. The van der Waals surface area contributed by atoms with Crippen LogP contribution in [0.3, 0.4) is 0 Å². The van der Waals surface area contributed by atoms with E-state index in [1.807, 2.05) is 6.07 Å². The molecular weight excluding hydrogens is 246 g/mol. The number of fused-ring (bicyclic) bond motifs is 1. The van der Waals surface area contributed by atoms with Gasteiger partial charge >= 0.3 is 0 Å². The van der Waals surface area contributed by atoms with Crippen molar-refractivity contribution in [2.24, 2.45) is 4.99 Å². The zero-order valence-electron chi connectivity index (χ0n) is 10.8. The lowest BCUT2D eigenvalue weighted by atomic mass is 10.3. The van der Waals surface area contributed by atoms with E-state index in [0.29, 0.717) is 0 Å². The van der Waals surface area contributed by atoms with Crippen LogP contribution in [0.5, 0.6) is 0 Å². The molecule has 0 radical (unpaired) electrons. The van der Waals surface area contributed by atoms with Crippen molar-refractivity contribution in [1.82, 2.24) is 0 Å². The van der Waals surface area contributed by atoms with E-state index in [4.69, 9.17) is 4.74 Å². The Morgan fingerprint density at radius 1 is 1.24 bits per heavy atom. The van der Waals surface area contributed by atoms with Gasteiger partial charge in [-0.15, -0.1) is 0 Å². The van der Waals surface area contributed by atoms with Crippen LogP contribution in [-0.2, 0) is 4.74 Å². The van der Waals surface area contributed by atoms with Gasteiger partial charge in [0.2, 0.25) is 0 Å². The number of aliphatic imine (C=N–C) groups is 1. The minimum absolute atomic E-state index is 0.307. The second-order valence-corrected chi connectivity index (χ2v) is 13.1. The van der Waals surface area contributed by atoms with E-state index < -0.39 is 8.07 Å². The number of thiol groups is 1. The standard InChI is InChI=1S/C13H21NOSSi/c1-17(2,3)9-8-15-11-16-10-14-12-6-4-5-7-13(12)16/h4-7,10,16H,8-9,11H2,1-3H3. The molecule has 1 aromatic rings. The molecule has 0 fully saturated rings. The Bertz CT molecular complexity index is 414. The largest absolute Gasteiger partial charge is 0.372 e. The second-order valence-electron chi connectivity index (χ2n) is 5.55. The molecule has 0 bridgehead atoms. The topological polar surface area (TPSA) is 21.6 Å². The maximum atomic E-state index is 5.82. The molecule has 0 N–H and O–H groups in total. The van der Waals surface area contributed by atoms with E-state index in [0.717, 1.165) is 18.2 Å². The fraction of sp³-hybridized carbons (Fsp3) is 0.462. The highest BCUT2D eigenvalue weighted by Crippen LogP contribution is 2.45. The summed E-state index contributed by atoms with van der Waals surface area (Å²) in [6.07, 6.45) is 0. The van der Waals surface area contributed by atoms with Crippen LogP contribution < -0.4 is 0 Å². The van der Waals surface area contributed by atoms with Gasteiger partial charge in [-0.25, -0.2) is 0 Å². The van der Waals surface area contributed by atoms with Gasteiger partial charge in [-0.1, -0.05) is 31.8 Å². The van der Waals surface area contributed by atoms with Gasteiger partial charge in [-0.3, -0.25) is 4.99 Å². The van der Waals surface area contributed by atoms with Crippen LogP contribution in [0.1, 0.15) is 0 Å². The summed E-state index contributed by atoms with van der Waals surface area (Å²) in [5, 5.41) is 0. The minimum Gasteiger partial charge on any atom is -0.372 e. The lowest BCUT2D eigenvalue weighted by Gasteiger charge is -2.18. The molecule has 1 aliphatic heterocycles. The molecule has 0 aromatic heterocycles. The van der Waals surface area contributed by atoms with Gasteiger partial charge in [0.05, 0.1) is 11.6 Å². The molecule has 2 rings (SSSR count). The molecule has 94 valence electrons. The number of hydrogen-bond donors (Lipinski definition) is 1. The fourth-order valence-electron chi connectivity index (χ4n) is 1.65. The quantitative estimate of drug-likeness (QED) is 0.485. The van der Waals surface area contributed by atoms with E-state index in [1.165, 1.54) is 10.9 Å². The third-order valence-electron chi connectivity index (χ3n) is 2.75. The molecule has 0 spiro atoms. The second kappa shape index (κ2) is 5.37. The number of hydrogen-bond acceptors (Lipinski definition) is 2. The van der Waals surface area contributed by atoms with E-state index in [9.17, 15) is 0 Å². The number of ether oxygens (including phenoxy) is 1. The fourth-order valence-corrected chi connectivity index (χ4v) is 4.03. The van der Waals surface area contributed by atoms with Gasteiger partial charge < -0.3 is 4.74 Å². The summed E-state index contributed by atoms with van der Waals surface area (Å²) >= 11 is 0. The number of para-hydroxylation sites is 1. The van der Waals surface area contributed by atoms with E-state index >= 15 is 0 Å². The van der Waals surface area contributed by atoms with Crippen molar-refractivity contribution in [3.63, 3.8) is 0 Å². The smallest absolute Gasteiger partial charge is 0.0828 e. The summed E-state index contributed by atoms with van der Waals surface area (Å²) in [6, 6.07) is 9.63. The monoisotopic (exact) mass is 267 g/mol. The van der Waals surface area contributed by atoms with Gasteiger partial charge in [0.25, 0.3) is 0 Å². The van der Waals surface area contributed by atoms with E-state index in [-0.39, 0.29) is 10.9 Å². The zero-order valence-corrected chi connectivity index (χ0v) is 12.7. The molecule has 0 saturated carbocycles. The highest BCUT2D eigenvalue weighted by Gasteiger charge is 2.16. The van der Waals surface area contributed by atoms with Crippen LogP contribution in [0, 0.1) is 0 Å². The highest BCUT2D eigenvalue weighted by molar-refractivity contribution is 8.28. The SMILES string of the molecule is C[Si](C)(C)CCOC[SH]1C=Nc2ccccc21. The van der Waals surface area contributed by atoms with Crippen LogP contribution >= 0.6 is 10.9 Å². The van der Waals surface area contributed by atoms with Crippen LogP contribution in [0.2, 0.25) is 25.7 Å². The van der Waals surface area contributed by atoms with Crippen molar-refractivity contribution >= 4 is 30.2 Å². The predicted molar refractivity (Wildman–Crippen MR) is 80.8 cm³/mol. The predicted octanol–water partition coefficient (Wildman–Crippen LogP) is 4.03. The Morgan fingerprint density at radius 2 is 2.00 bits per heavy atom. The van der Waals surface area contributed by atoms with Crippen molar-refractivity contribution in [2.75, 3.05) is 12.5 Å².